The van der Waals surface area contributed by atoms with E-state index >= 15 is 0 Å². The van der Waals surface area contributed by atoms with E-state index in [4.69, 9.17) is 4.74 Å². The van der Waals surface area contributed by atoms with E-state index in [0.717, 1.165) is 0 Å². The summed E-state index contributed by atoms with van der Waals surface area (Å²) in [6, 6.07) is 6.36. The number of halogens is 1. The van der Waals surface area contributed by atoms with Crippen LogP contribution in [0.2, 0.25) is 0 Å². The Hall–Kier alpha value is -2.41. The van der Waals surface area contributed by atoms with Gasteiger partial charge in [0, 0.05) is 50.9 Å². The second-order valence-corrected chi connectivity index (χ2v) is 8.34. The van der Waals surface area contributed by atoms with Crippen molar-refractivity contribution in [2.75, 3.05) is 32.7 Å². The lowest BCUT2D eigenvalue weighted by Gasteiger charge is -2.39. The van der Waals surface area contributed by atoms with Gasteiger partial charge in [0.1, 0.15) is 11.4 Å². The zero-order valence-electron chi connectivity index (χ0n) is 18.7. The quantitative estimate of drug-likeness (QED) is 0.694. The number of benzene rings is 1. The summed E-state index contributed by atoms with van der Waals surface area (Å²) in [5.41, 5.74) is 0.0155. The highest BCUT2D eigenvalue weighted by Gasteiger charge is 2.29. The first-order valence-corrected chi connectivity index (χ1v) is 10.6. The maximum absolute atomic E-state index is 14.6. The number of carbonyl (C=O) groups excluding carboxylic acids is 2. The van der Waals surface area contributed by atoms with Crippen molar-refractivity contribution in [3.63, 3.8) is 0 Å². The van der Waals surface area contributed by atoms with Gasteiger partial charge in [0.2, 0.25) is 5.91 Å². The van der Waals surface area contributed by atoms with E-state index in [2.05, 4.69) is 4.90 Å². The van der Waals surface area contributed by atoms with Gasteiger partial charge >= 0.3 is 6.09 Å². The molecule has 1 heterocycles. The Morgan fingerprint density at radius 3 is 2.33 bits per heavy atom. The van der Waals surface area contributed by atoms with Crippen molar-refractivity contribution >= 4 is 12.0 Å². The second kappa shape index (κ2) is 10.6. The molecule has 6 nitrogen and oxygen atoms in total. The van der Waals surface area contributed by atoms with Crippen LogP contribution < -0.4 is 0 Å². The Bertz CT molecular complexity index is 752. The molecule has 1 aliphatic rings. The average Bonchev–Trinajstić information content (AvgIpc) is 2.70. The van der Waals surface area contributed by atoms with Gasteiger partial charge in [0.15, 0.2) is 0 Å². The van der Waals surface area contributed by atoms with Crippen LogP contribution in [-0.2, 0) is 9.53 Å². The van der Waals surface area contributed by atoms with Gasteiger partial charge in [-0.3, -0.25) is 9.69 Å². The molecule has 0 radical (unpaired) electrons. The molecule has 1 atom stereocenters. The van der Waals surface area contributed by atoms with Crippen LogP contribution >= 0.6 is 0 Å². The van der Waals surface area contributed by atoms with Gasteiger partial charge in [0.05, 0.1) is 6.04 Å². The number of hydrogen-bond donors (Lipinski definition) is 0. The molecule has 1 fully saturated rings. The highest BCUT2D eigenvalue weighted by Crippen LogP contribution is 2.26. The number of ether oxygens (including phenoxy) is 1. The fraction of sp³-hybridized carbons (Fsp3) is 0.565. The summed E-state index contributed by atoms with van der Waals surface area (Å²) in [5.74, 6) is -0.262. The minimum Gasteiger partial charge on any atom is -0.444 e. The van der Waals surface area contributed by atoms with Gasteiger partial charge < -0.3 is 14.5 Å². The third-order valence-corrected chi connectivity index (χ3v) is 5.00. The van der Waals surface area contributed by atoms with Crippen molar-refractivity contribution in [2.45, 2.75) is 52.7 Å². The molecule has 2 amide bonds. The number of piperazine rings is 1. The third-order valence-electron chi connectivity index (χ3n) is 5.00. The summed E-state index contributed by atoms with van der Waals surface area (Å²) in [6.07, 6.45) is 3.71. The maximum atomic E-state index is 14.6. The van der Waals surface area contributed by atoms with Gasteiger partial charge in [-0.05, 0) is 39.8 Å². The number of nitrogens with zero attached hydrogens (tertiary/aromatic N) is 3. The second-order valence-electron chi connectivity index (χ2n) is 8.34. The molecule has 2 rings (SSSR count). The minimum absolute atomic E-state index is 0.0239. The Balaban J connectivity index is 2.18. The standard InChI is InChI=1S/C23H34FN3O3/c1-6-21(28)25(7-2)13-12-20(18-10-8-9-11-19(18)24)26-14-16-27(17-15-26)22(29)30-23(3,4)5/h8-13,20H,6-7,14-17H2,1-5H3/b13-12-. The van der Waals surface area contributed by atoms with E-state index in [1.165, 1.54) is 6.07 Å². The number of rotatable bonds is 6. The monoisotopic (exact) mass is 419 g/mol. The molecule has 1 unspecified atom stereocenters. The fourth-order valence-corrected chi connectivity index (χ4v) is 3.40. The Kier molecular flexibility index (Phi) is 8.41. The normalized spacial score (nSPS) is 16.5. The molecule has 1 aromatic rings. The largest absolute Gasteiger partial charge is 0.444 e. The summed E-state index contributed by atoms with van der Waals surface area (Å²) < 4.78 is 20.1. The molecule has 7 heteroatoms. The predicted molar refractivity (Wildman–Crippen MR) is 115 cm³/mol. The summed E-state index contributed by atoms with van der Waals surface area (Å²) in [4.78, 5) is 29.9. The molecule has 1 aromatic carbocycles. The Morgan fingerprint density at radius 1 is 1.17 bits per heavy atom. The fourth-order valence-electron chi connectivity index (χ4n) is 3.40. The first-order chi connectivity index (χ1) is 14.2. The molecule has 0 saturated carbocycles. The Morgan fingerprint density at radius 2 is 1.80 bits per heavy atom. The summed E-state index contributed by atoms with van der Waals surface area (Å²) in [5, 5.41) is 0. The van der Waals surface area contributed by atoms with Crippen LogP contribution in [0, 0.1) is 5.82 Å². The van der Waals surface area contributed by atoms with E-state index in [0.29, 0.717) is 44.7 Å². The first kappa shape index (κ1) is 23.9. The van der Waals surface area contributed by atoms with Crippen molar-refractivity contribution < 1.29 is 18.7 Å². The van der Waals surface area contributed by atoms with Gasteiger partial charge in [-0.15, -0.1) is 0 Å². The molecule has 1 saturated heterocycles. The molecule has 0 aliphatic carbocycles. The molecule has 166 valence electrons. The lowest BCUT2D eigenvalue weighted by molar-refractivity contribution is -0.128. The van der Waals surface area contributed by atoms with Crippen molar-refractivity contribution in [2.24, 2.45) is 0 Å². The van der Waals surface area contributed by atoms with Crippen LogP contribution in [0.15, 0.2) is 36.5 Å². The van der Waals surface area contributed by atoms with Crippen LogP contribution in [0.25, 0.3) is 0 Å². The van der Waals surface area contributed by atoms with Crippen molar-refractivity contribution in [1.29, 1.82) is 0 Å². The third kappa shape index (κ3) is 6.55. The minimum atomic E-state index is -0.540. The van der Waals surface area contributed by atoms with Crippen molar-refractivity contribution in [3.8, 4) is 0 Å². The van der Waals surface area contributed by atoms with Crippen LogP contribution in [-0.4, -0.2) is 65.0 Å². The summed E-state index contributed by atoms with van der Waals surface area (Å²) in [7, 11) is 0. The predicted octanol–water partition coefficient (Wildman–Crippen LogP) is 4.19. The molecular formula is C23H34FN3O3. The van der Waals surface area contributed by atoms with Crippen molar-refractivity contribution in [3.05, 3.63) is 47.9 Å². The van der Waals surface area contributed by atoms with Gasteiger partial charge in [-0.2, -0.15) is 0 Å². The molecule has 0 bridgehead atoms. The van der Waals surface area contributed by atoms with Crippen LogP contribution in [0.5, 0.6) is 0 Å². The molecule has 0 spiro atoms. The molecule has 0 aromatic heterocycles. The molecule has 30 heavy (non-hydrogen) atoms. The van der Waals surface area contributed by atoms with Crippen LogP contribution in [0.3, 0.4) is 0 Å². The molecular weight excluding hydrogens is 385 g/mol. The zero-order valence-corrected chi connectivity index (χ0v) is 18.7. The van der Waals surface area contributed by atoms with E-state index in [9.17, 15) is 14.0 Å². The van der Waals surface area contributed by atoms with Gasteiger partial charge in [0.25, 0.3) is 0 Å². The number of amides is 2. The van der Waals surface area contributed by atoms with E-state index in [1.807, 2.05) is 46.8 Å². The highest BCUT2D eigenvalue weighted by molar-refractivity contribution is 5.76. The van der Waals surface area contributed by atoms with Gasteiger partial charge in [-0.25, -0.2) is 9.18 Å². The zero-order chi connectivity index (χ0) is 22.3. The Labute approximate surface area is 179 Å². The highest BCUT2D eigenvalue weighted by atomic mass is 19.1. The maximum Gasteiger partial charge on any atom is 0.410 e. The molecule has 1 aliphatic heterocycles. The average molecular weight is 420 g/mol. The summed E-state index contributed by atoms with van der Waals surface area (Å²) >= 11 is 0. The van der Waals surface area contributed by atoms with Crippen LogP contribution in [0.4, 0.5) is 9.18 Å². The number of carbonyl (C=O) groups is 2. The topological polar surface area (TPSA) is 53.1 Å². The lowest BCUT2D eigenvalue weighted by Crippen LogP contribution is -2.50. The van der Waals surface area contributed by atoms with Crippen LogP contribution in [0.1, 0.15) is 52.6 Å². The lowest BCUT2D eigenvalue weighted by atomic mass is 10.0. The van der Waals surface area contributed by atoms with E-state index in [1.54, 1.807) is 28.1 Å². The molecule has 0 N–H and O–H groups in total. The van der Waals surface area contributed by atoms with Gasteiger partial charge in [-0.1, -0.05) is 25.1 Å². The van der Waals surface area contributed by atoms with E-state index in [-0.39, 0.29) is 23.9 Å². The smallest absolute Gasteiger partial charge is 0.410 e. The van der Waals surface area contributed by atoms with E-state index < -0.39 is 5.60 Å². The van der Waals surface area contributed by atoms with Crippen molar-refractivity contribution in [1.82, 2.24) is 14.7 Å². The summed E-state index contributed by atoms with van der Waals surface area (Å²) in [6.45, 7) is 12.0. The number of hydrogen-bond acceptors (Lipinski definition) is 4. The SMILES string of the molecule is CCC(=O)N(/C=C\C(c1ccccc1F)N1CCN(C(=O)OC(C)(C)C)CC1)CC. The first-order valence-electron chi connectivity index (χ1n) is 10.6.